The first kappa shape index (κ1) is 15.6. The maximum atomic E-state index is 12.7. The molecule has 0 bridgehead atoms. The summed E-state index contributed by atoms with van der Waals surface area (Å²) in [5.41, 5.74) is 2.46. The van der Waals surface area contributed by atoms with E-state index in [0.29, 0.717) is 11.6 Å². The van der Waals surface area contributed by atoms with Crippen molar-refractivity contribution in [2.45, 2.75) is 45.1 Å². The van der Waals surface area contributed by atoms with E-state index in [9.17, 15) is 4.79 Å². The van der Waals surface area contributed by atoms with Crippen molar-refractivity contribution >= 4 is 5.91 Å². The Labute approximate surface area is 127 Å². The minimum atomic E-state index is -0.168. The Morgan fingerprint density at radius 3 is 2.71 bits per heavy atom. The van der Waals surface area contributed by atoms with Gasteiger partial charge in [0.15, 0.2) is 0 Å². The third-order valence-corrected chi connectivity index (χ3v) is 4.22. The number of hydrogen-bond donors (Lipinski definition) is 1. The van der Waals surface area contributed by atoms with Crippen LogP contribution in [-0.4, -0.2) is 35.6 Å². The monoisotopic (exact) mass is 285 g/mol. The van der Waals surface area contributed by atoms with E-state index in [1.807, 2.05) is 37.1 Å². The van der Waals surface area contributed by atoms with Crippen molar-refractivity contribution in [2.75, 3.05) is 13.7 Å². The average Bonchev–Trinajstić information content (AvgIpc) is 2.53. The lowest BCUT2D eigenvalue weighted by Gasteiger charge is -2.31. The van der Waals surface area contributed by atoms with E-state index in [2.05, 4.69) is 11.8 Å². The van der Waals surface area contributed by atoms with Crippen molar-refractivity contribution in [2.24, 2.45) is 0 Å². The second-order valence-corrected chi connectivity index (χ2v) is 5.70. The van der Waals surface area contributed by atoms with Crippen LogP contribution in [0, 0.1) is 18.8 Å². The van der Waals surface area contributed by atoms with Crippen LogP contribution in [0.4, 0.5) is 0 Å². The molecular weight excluding hydrogens is 262 g/mol. The van der Waals surface area contributed by atoms with E-state index in [1.165, 1.54) is 19.3 Å². The van der Waals surface area contributed by atoms with Gasteiger partial charge in [0, 0.05) is 24.2 Å². The number of benzene rings is 1. The molecule has 0 aliphatic heterocycles. The molecule has 1 amide bonds. The summed E-state index contributed by atoms with van der Waals surface area (Å²) in [6, 6.07) is 6.00. The van der Waals surface area contributed by atoms with E-state index in [0.717, 1.165) is 24.0 Å². The molecule has 0 spiro atoms. The molecule has 0 heterocycles. The van der Waals surface area contributed by atoms with Crippen LogP contribution in [0.2, 0.25) is 0 Å². The van der Waals surface area contributed by atoms with Gasteiger partial charge in [-0.3, -0.25) is 4.79 Å². The van der Waals surface area contributed by atoms with Crippen LogP contribution in [0.5, 0.6) is 0 Å². The highest BCUT2D eigenvalue weighted by Gasteiger charge is 2.23. The predicted molar refractivity (Wildman–Crippen MR) is 84.1 cm³/mol. The zero-order valence-corrected chi connectivity index (χ0v) is 12.9. The van der Waals surface area contributed by atoms with E-state index in [1.54, 1.807) is 0 Å². The van der Waals surface area contributed by atoms with Gasteiger partial charge in [-0.15, -0.1) is 0 Å². The van der Waals surface area contributed by atoms with Gasteiger partial charge in [-0.1, -0.05) is 37.2 Å². The first-order valence-electron chi connectivity index (χ1n) is 7.61. The van der Waals surface area contributed by atoms with Crippen LogP contribution in [0.25, 0.3) is 0 Å². The molecule has 1 aromatic rings. The van der Waals surface area contributed by atoms with Crippen LogP contribution in [-0.2, 0) is 0 Å². The molecule has 1 N–H and O–H groups in total. The third-order valence-electron chi connectivity index (χ3n) is 4.22. The van der Waals surface area contributed by atoms with Crippen LogP contribution in [0.3, 0.4) is 0 Å². The smallest absolute Gasteiger partial charge is 0.254 e. The minimum Gasteiger partial charge on any atom is -0.384 e. The Kier molecular flexibility index (Phi) is 5.41. The van der Waals surface area contributed by atoms with Crippen LogP contribution >= 0.6 is 0 Å². The molecule has 3 nitrogen and oxygen atoms in total. The Hall–Kier alpha value is -1.79. The highest BCUT2D eigenvalue weighted by molar-refractivity contribution is 5.96. The molecule has 1 fully saturated rings. The third kappa shape index (κ3) is 3.86. The van der Waals surface area contributed by atoms with Gasteiger partial charge in [0.25, 0.3) is 5.91 Å². The summed E-state index contributed by atoms with van der Waals surface area (Å²) in [7, 11) is 1.91. The lowest BCUT2D eigenvalue weighted by molar-refractivity contribution is 0.0695. The van der Waals surface area contributed by atoms with Crippen LogP contribution in [0.1, 0.15) is 53.6 Å². The zero-order chi connectivity index (χ0) is 15.2. The average molecular weight is 285 g/mol. The first-order chi connectivity index (χ1) is 10.1. The van der Waals surface area contributed by atoms with Crippen LogP contribution in [0.15, 0.2) is 18.2 Å². The number of aryl methyl sites for hydroxylation is 1. The fraction of sp³-hybridized carbons (Fsp3) is 0.500. The molecule has 1 saturated carbocycles. The molecule has 1 aliphatic carbocycles. The summed E-state index contributed by atoms with van der Waals surface area (Å²) < 4.78 is 0. The Morgan fingerprint density at radius 1 is 1.33 bits per heavy atom. The maximum absolute atomic E-state index is 12.7. The molecule has 2 rings (SSSR count). The van der Waals surface area contributed by atoms with Crippen molar-refractivity contribution in [3.63, 3.8) is 0 Å². The second kappa shape index (κ2) is 7.28. The molecule has 3 heteroatoms. The van der Waals surface area contributed by atoms with Crippen LogP contribution < -0.4 is 0 Å². The van der Waals surface area contributed by atoms with Crippen molar-refractivity contribution in [1.82, 2.24) is 4.90 Å². The molecule has 0 unspecified atom stereocenters. The van der Waals surface area contributed by atoms with Gasteiger partial charge in [-0.25, -0.2) is 0 Å². The minimum absolute atomic E-state index is 0.0760. The van der Waals surface area contributed by atoms with Gasteiger partial charge in [0.2, 0.25) is 0 Å². The maximum Gasteiger partial charge on any atom is 0.254 e. The van der Waals surface area contributed by atoms with E-state index in [-0.39, 0.29) is 12.5 Å². The molecule has 112 valence electrons. The quantitative estimate of drug-likeness (QED) is 0.849. The number of nitrogens with zero attached hydrogens (tertiary/aromatic N) is 1. The van der Waals surface area contributed by atoms with Gasteiger partial charge in [-0.05, 0) is 37.5 Å². The van der Waals surface area contributed by atoms with Crippen molar-refractivity contribution in [1.29, 1.82) is 0 Å². The van der Waals surface area contributed by atoms with Crippen molar-refractivity contribution in [3.8, 4) is 11.8 Å². The molecule has 0 saturated heterocycles. The lowest BCUT2D eigenvalue weighted by atomic mass is 9.93. The lowest BCUT2D eigenvalue weighted by Crippen LogP contribution is -2.38. The van der Waals surface area contributed by atoms with Gasteiger partial charge in [0.05, 0.1) is 0 Å². The Morgan fingerprint density at radius 2 is 2.05 bits per heavy atom. The molecule has 0 radical (unpaired) electrons. The van der Waals surface area contributed by atoms with Gasteiger partial charge < -0.3 is 10.0 Å². The summed E-state index contributed by atoms with van der Waals surface area (Å²) in [6.07, 6.45) is 5.91. The number of carbonyl (C=O) groups is 1. The second-order valence-electron chi connectivity index (χ2n) is 5.70. The van der Waals surface area contributed by atoms with Gasteiger partial charge in [0.1, 0.15) is 6.61 Å². The SMILES string of the molecule is Cc1ccc(C#CCO)cc1C(=O)N(C)C1CCCCC1. The summed E-state index contributed by atoms with van der Waals surface area (Å²) in [5.74, 6) is 5.56. The molecular formula is C18H23NO2. The van der Waals surface area contributed by atoms with E-state index in [4.69, 9.17) is 5.11 Å². The summed E-state index contributed by atoms with van der Waals surface area (Å²) in [4.78, 5) is 14.6. The summed E-state index contributed by atoms with van der Waals surface area (Å²) in [5, 5.41) is 8.77. The number of aliphatic hydroxyl groups excluding tert-OH is 1. The number of hydrogen-bond acceptors (Lipinski definition) is 2. The molecule has 1 aliphatic rings. The molecule has 21 heavy (non-hydrogen) atoms. The van der Waals surface area contributed by atoms with Crippen molar-refractivity contribution < 1.29 is 9.90 Å². The number of rotatable bonds is 2. The normalized spacial score (nSPS) is 15.2. The topological polar surface area (TPSA) is 40.5 Å². The summed E-state index contributed by atoms with van der Waals surface area (Å²) in [6.45, 7) is 1.78. The standard InChI is InChI=1S/C18H23NO2/c1-14-10-11-15(7-6-12-20)13-17(14)18(21)19(2)16-8-4-3-5-9-16/h10-11,13,16,20H,3-5,8-9,12H2,1-2H3. The molecule has 0 aromatic heterocycles. The summed E-state index contributed by atoms with van der Waals surface area (Å²) >= 11 is 0. The number of amides is 1. The Balaban J connectivity index is 2.20. The Bertz CT molecular complexity index is 562. The van der Waals surface area contributed by atoms with Gasteiger partial charge >= 0.3 is 0 Å². The molecule has 1 aromatic carbocycles. The fourth-order valence-corrected chi connectivity index (χ4v) is 2.90. The number of aliphatic hydroxyl groups is 1. The van der Waals surface area contributed by atoms with E-state index >= 15 is 0 Å². The van der Waals surface area contributed by atoms with Gasteiger partial charge in [-0.2, -0.15) is 0 Å². The van der Waals surface area contributed by atoms with E-state index < -0.39 is 0 Å². The molecule has 0 atom stereocenters. The number of carbonyl (C=O) groups excluding carboxylic acids is 1. The fourth-order valence-electron chi connectivity index (χ4n) is 2.90. The van der Waals surface area contributed by atoms with Crippen molar-refractivity contribution in [3.05, 3.63) is 34.9 Å². The predicted octanol–water partition coefficient (Wildman–Crippen LogP) is 2.74. The largest absolute Gasteiger partial charge is 0.384 e. The highest BCUT2D eigenvalue weighted by Crippen LogP contribution is 2.23. The highest BCUT2D eigenvalue weighted by atomic mass is 16.2. The zero-order valence-electron chi connectivity index (χ0n) is 12.9. The first-order valence-corrected chi connectivity index (χ1v) is 7.61.